The van der Waals surface area contributed by atoms with Crippen LogP contribution >= 0.6 is 23.4 Å². The van der Waals surface area contributed by atoms with Crippen molar-refractivity contribution in [1.82, 2.24) is 20.1 Å². The van der Waals surface area contributed by atoms with Gasteiger partial charge in [0.05, 0.1) is 24.9 Å². The highest BCUT2D eigenvalue weighted by Crippen LogP contribution is 2.18. The predicted molar refractivity (Wildman–Crippen MR) is 103 cm³/mol. The first-order valence-electron chi connectivity index (χ1n) is 8.66. The monoisotopic (exact) mass is 412 g/mol. The van der Waals surface area contributed by atoms with Gasteiger partial charge in [0.2, 0.25) is 5.91 Å². The molecule has 0 bridgehead atoms. The molecule has 1 aromatic heterocycles. The van der Waals surface area contributed by atoms with Crippen molar-refractivity contribution in [2.24, 2.45) is 0 Å². The van der Waals surface area contributed by atoms with E-state index >= 15 is 0 Å². The van der Waals surface area contributed by atoms with Crippen LogP contribution in [0.15, 0.2) is 34.2 Å². The van der Waals surface area contributed by atoms with Crippen molar-refractivity contribution in [2.45, 2.75) is 30.6 Å². The Morgan fingerprint density at radius 1 is 1.44 bits per heavy atom. The summed E-state index contributed by atoms with van der Waals surface area (Å²) in [5.74, 6) is 0.702. The predicted octanol–water partition coefficient (Wildman–Crippen LogP) is 1.69. The van der Waals surface area contributed by atoms with Crippen LogP contribution in [0.1, 0.15) is 12.8 Å². The number of ether oxygens (including phenoxy) is 2. The molecule has 0 radical (unpaired) electrons. The third kappa shape index (κ3) is 6.02. The van der Waals surface area contributed by atoms with Gasteiger partial charge in [0, 0.05) is 11.6 Å². The number of carbonyl (C=O) groups excluding carboxylic acids is 1. The summed E-state index contributed by atoms with van der Waals surface area (Å²) >= 11 is 7.02. The summed E-state index contributed by atoms with van der Waals surface area (Å²) in [5.41, 5.74) is -0.287. The van der Waals surface area contributed by atoms with E-state index < -0.39 is 0 Å². The topological polar surface area (TPSA) is 98.2 Å². The summed E-state index contributed by atoms with van der Waals surface area (Å²) in [7, 11) is 0. The molecule has 8 nitrogen and oxygen atoms in total. The van der Waals surface area contributed by atoms with Crippen molar-refractivity contribution in [3.63, 3.8) is 0 Å². The number of aromatic amines is 1. The number of nitrogens with zero attached hydrogens (tertiary/aromatic N) is 2. The Balaban J connectivity index is 1.39. The van der Waals surface area contributed by atoms with E-state index in [0.29, 0.717) is 35.6 Å². The van der Waals surface area contributed by atoms with Crippen LogP contribution in [0.25, 0.3) is 0 Å². The fourth-order valence-electron chi connectivity index (χ4n) is 2.64. The number of H-pyrrole nitrogens is 1. The largest absolute Gasteiger partial charge is 0.492 e. The molecule has 1 fully saturated rings. The average molecular weight is 413 g/mol. The van der Waals surface area contributed by atoms with Crippen LogP contribution in [0.4, 0.5) is 0 Å². The molecule has 10 heteroatoms. The lowest BCUT2D eigenvalue weighted by Crippen LogP contribution is -2.30. The van der Waals surface area contributed by atoms with Gasteiger partial charge in [-0.25, -0.2) is 9.89 Å². The van der Waals surface area contributed by atoms with E-state index in [2.05, 4.69) is 15.5 Å². The Morgan fingerprint density at radius 3 is 3.00 bits per heavy atom. The molecule has 1 aromatic carbocycles. The molecule has 2 N–H and O–H groups in total. The van der Waals surface area contributed by atoms with Crippen molar-refractivity contribution in [2.75, 3.05) is 25.5 Å². The maximum Gasteiger partial charge on any atom is 0.344 e. The summed E-state index contributed by atoms with van der Waals surface area (Å²) < 4.78 is 12.6. The van der Waals surface area contributed by atoms with E-state index in [4.69, 9.17) is 21.1 Å². The lowest BCUT2D eigenvalue weighted by molar-refractivity contribution is -0.118. The molecule has 1 atom stereocenters. The van der Waals surface area contributed by atoms with Crippen molar-refractivity contribution in [1.29, 1.82) is 0 Å². The third-order valence-corrected chi connectivity index (χ3v) is 5.20. The van der Waals surface area contributed by atoms with Crippen molar-refractivity contribution < 1.29 is 14.3 Å². The number of amides is 1. The van der Waals surface area contributed by atoms with E-state index in [1.807, 2.05) is 0 Å². The highest BCUT2D eigenvalue weighted by Gasteiger charge is 2.20. The van der Waals surface area contributed by atoms with E-state index in [1.165, 1.54) is 16.3 Å². The van der Waals surface area contributed by atoms with Crippen LogP contribution in [-0.4, -0.2) is 52.3 Å². The molecular weight excluding hydrogens is 392 g/mol. The Hall–Kier alpha value is -1.97. The fourth-order valence-corrected chi connectivity index (χ4v) is 3.55. The van der Waals surface area contributed by atoms with Gasteiger partial charge in [-0.15, -0.1) is 5.10 Å². The Morgan fingerprint density at radius 2 is 2.26 bits per heavy atom. The molecule has 0 unspecified atom stereocenters. The Bertz CT molecular complexity index is 802. The molecule has 1 amide bonds. The quantitative estimate of drug-likeness (QED) is 0.480. The molecule has 0 aliphatic carbocycles. The first-order chi connectivity index (χ1) is 13.1. The van der Waals surface area contributed by atoms with Gasteiger partial charge in [-0.2, -0.15) is 0 Å². The number of benzene rings is 1. The fraction of sp³-hybridized carbons (Fsp3) is 0.471. The summed E-state index contributed by atoms with van der Waals surface area (Å²) in [5, 5.41) is 10.3. The highest BCUT2D eigenvalue weighted by molar-refractivity contribution is 7.99. The Labute approximate surface area is 165 Å². The van der Waals surface area contributed by atoms with Gasteiger partial charge in [-0.05, 0) is 37.1 Å². The smallest absolute Gasteiger partial charge is 0.344 e. The second kappa shape index (κ2) is 9.82. The van der Waals surface area contributed by atoms with Gasteiger partial charge in [0.15, 0.2) is 5.16 Å². The van der Waals surface area contributed by atoms with E-state index in [-0.39, 0.29) is 23.5 Å². The van der Waals surface area contributed by atoms with Crippen LogP contribution in [0.3, 0.4) is 0 Å². The van der Waals surface area contributed by atoms with Gasteiger partial charge >= 0.3 is 5.69 Å². The minimum atomic E-state index is -0.287. The van der Waals surface area contributed by atoms with Gasteiger partial charge in [0.1, 0.15) is 12.4 Å². The number of rotatable bonds is 9. The summed E-state index contributed by atoms with van der Waals surface area (Å²) in [6.07, 6.45) is 1.95. The maximum absolute atomic E-state index is 12.0. The zero-order valence-electron chi connectivity index (χ0n) is 14.7. The maximum atomic E-state index is 12.0. The SMILES string of the molecule is O=C(CSc1n[nH]c(=O)n1C[C@H]1CCCO1)NCCOc1ccc(Cl)cc1. The van der Waals surface area contributed by atoms with E-state index in [0.717, 1.165) is 19.4 Å². The molecule has 146 valence electrons. The number of aromatic nitrogens is 3. The van der Waals surface area contributed by atoms with Gasteiger partial charge < -0.3 is 14.8 Å². The zero-order valence-corrected chi connectivity index (χ0v) is 16.2. The molecule has 0 saturated carbocycles. The molecule has 2 aromatic rings. The number of halogens is 1. The lowest BCUT2D eigenvalue weighted by atomic mass is 10.2. The van der Waals surface area contributed by atoms with Crippen LogP contribution in [0.2, 0.25) is 5.02 Å². The first-order valence-corrected chi connectivity index (χ1v) is 10.0. The number of hydrogen-bond acceptors (Lipinski definition) is 6. The van der Waals surface area contributed by atoms with Crippen molar-refractivity contribution in [3.05, 3.63) is 39.8 Å². The number of hydrogen-bond donors (Lipinski definition) is 2. The van der Waals surface area contributed by atoms with Gasteiger partial charge in [0.25, 0.3) is 0 Å². The molecule has 1 saturated heterocycles. The van der Waals surface area contributed by atoms with Gasteiger partial charge in [-0.3, -0.25) is 9.36 Å². The lowest BCUT2D eigenvalue weighted by Gasteiger charge is -2.11. The summed E-state index contributed by atoms with van der Waals surface area (Å²) in [6, 6.07) is 7.02. The van der Waals surface area contributed by atoms with E-state index in [9.17, 15) is 9.59 Å². The minimum absolute atomic E-state index is 0.0264. The van der Waals surface area contributed by atoms with Crippen LogP contribution in [0.5, 0.6) is 5.75 Å². The van der Waals surface area contributed by atoms with Crippen LogP contribution in [-0.2, 0) is 16.1 Å². The van der Waals surface area contributed by atoms with Gasteiger partial charge in [-0.1, -0.05) is 23.4 Å². The molecule has 1 aliphatic rings. The molecule has 0 spiro atoms. The van der Waals surface area contributed by atoms with E-state index in [1.54, 1.807) is 24.3 Å². The summed E-state index contributed by atoms with van der Waals surface area (Å²) in [6.45, 7) is 1.91. The standard InChI is InChI=1S/C17H21ClN4O4S/c18-12-3-5-13(6-4-12)26-9-7-19-15(23)11-27-17-21-20-16(24)22(17)10-14-2-1-8-25-14/h3-6,14H,1-2,7-11H2,(H,19,23)(H,20,24)/t14-/m1/s1. The van der Waals surface area contributed by atoms with Crippen molar-refractivity contribution >= 4 is 29.3 Å². The average Bonchev–Trinajstić information content (AvgIpc) is 3.30. The minimum Gasteiger partial charge on any atom is -0.492 e. The number of thioether (sulfide) groups is 1. The van der Waals surface area contributed by atoms with Crippen LogP contribution < -0.4 is 15.7 Å². The molecule has 2 heterocycles. The number of carbonyl (C=O) groups is 1. The second-order valence-electron chi connectivity index (χ2n) is 6.00. The van der Waals surface area contributed by atoms with Crippen LogP contribution in [0, 0.1) is 0 Å². The molecule has 1 aliphatic heterocycles. The van der Waals surface area contributed by atoms with Crippen molar-refractivity contribution in [3.8, 4) is 5.75 Å². The zero-order chi connectivity index (χ0) is 19.1. The molecular formula is C17H21ClN4O4S. The summed E-state index contributed by atoms with van der Waals surface area (Å²) in [4.78, 5) is 23.9. The molecule has 3 rings (SSSR count). The first kappa shape index (κ1) is 19.8. The normalized spacial score (nSPS) is 16.4. The second-order valence-corrected chi connectivity index (χ2v) is 7.38. The Kier molecular flexibility index (Phi) is 7.19. The number of nitrogens with one attached hydrogen (secondary N) is 2. The molecule has 27 heavy (non-hydrogen) atoms. The highest BCUT2D eigenvalue weighted by atomic mass is 35.5. The third-order valence-electron chi connectivity index (χ3n) is 3.97.